The molecule has 0 fully saturated rings. The molecule has 0 atom stereocenters. The van der Waals surface area contributed by atoms with Crippen LogP contribution >= 0.6 is 0 Å². The molecule has 1 aromatic carbocycles. The summed E-state index contributed by atoms with van der Waals surface area (Å²) in [5.74, 6) is 0. The monoisotopic (exact) mass is 223 g/mol. The smallest absolute Gasteiger partial charge is 0.152 e. The van der Waals surface area contributed by atoms with Crippen molar-refractivity contribution in [2.75, 3.05) is 0 Å². The van der Waals surface area contributed by atoms with Gasteiger partial charge in [0, 0.05) is 16.5 Å². The number of fused-ring (bicyclic) bond motifs is 1. The zero-order valence-electron chi connectivity index (χ0n) is 8.96. The molecular weight excluding hydrogens is 214 g/mol. The highest BCUT2D eigenvalue weighted by atomic mass is 16.3. The number of rotatable bonds is 2. The fraction of sp³-hybridized carbons (Fsp3) is 0. The van der Waals surface area contributed by atoms with Crippen molar-refractivity contribution in [2.45, 2.75) is 0 Å². The van der Waals surface area contributed by atoms with Crippen LogP contribution in [-0.2, 0) is 0 Å². The zero-order chi connectivity index (χ0) is 11.7. The number of carbonyl (C=O) groups is 1. The highest BCUT2D eigenvalue weighted by Crippen LogP contribution is 2.24. The summed E-state index contributed by atoms with van der Waals surface area (Å²) in [6, 6.07) is 11.4. The van der Waals surface area contributed by atoms with E-state index in [1.165, 1.54) is 0 Å². The number of hydrogen-bond acceptors (Lipinski definition) is 3. The van der Waals surface area contributed by atoms with Gasteiger partial charge in [-0.3, -0.25) is 4.79 Å². The van der Waals surface area contributed by atoms with Gasteiger partial charge in [0.15, 0.2) is 6.29 Å². The molecule has 0 amide bonds. The van der Waals surface area contributed by atoms with E-state index in [9.17, 15) is 4.79 Å². The summed E-state index contributed by atoms with van der Waals surface area (Å²) in [7, 11) is 0. The van der Waals surface area contributed by atoms with Gasteiger partial charge in [-0.15, -0.1) is 0 Å². The highest BCUT2D eigenvalue weighted by Gasteiger charge is 2.09. The Morgan fingerprint density at radius 3 is 2.82 bits per heavy atom. The second-order valence-corrected chi connectivity index (χ2v) is 3.75. The minimum atomic E-state index is 0.574. The van der Waals surface area contributed by atoms with E-state index in [4.69, 9.17) is 4.42 Å². The number of benzene rings is 1. The minimum absolute atomic E-state index is 0.574. The lowest BCUT2D eigenvalue weighted by atomic mass is 10.1. The van der Waals surface area contributed by atoms with E-state index in [-0.39, 0.29) is 0 Å². The topological polar surface area (TPSA) is 43.1 Å². The van der Waals surface area contributed by atoms with Gasteiger partial charge in [0.05, 0.1) is 23.7 Å². The molecule has 0 unspecified atom stereocenters. The number of aromatic nitrogens is 1. The van der Waals surface area contributed by atoms with Crippen LogP contribution in [0.2, 0.25) is 0 Å². The predicted octanol–water partition coefficient (Wildman–Crippen LogP) is 3.31. The van der Waals surface area contributed by atoms with Crippen molar-refractivity contribution in [3.8, 4) is 11.3 Å². The molecule has 0 radical (unpaired) electrons. The average Bonchev–Trinajstić information content (AvgIpc) is 2.91. The number of carbonyl (C=O) groups excluding carboxylic acids is 1. The quantitative estimate of drug-likeness (QED) is 0.626. The molecule has 0 saturated carbocycles. The molecule has 3 heteroatoms. The largest absolute Gasteiger partial charge is 0.472 e. The van der Waals surface area contributed by atoms with E-state index in [0.717, 1.165) is 22.8 Å². The van der Waals surface area contributed by atoms with E-state index in [1.54, 1.807) is 18.6 Å². The Morgan fingerprint density at radius 2 is 2.06 bits per heavy atom. The van der Waals surface area contributed by atoms with Crippen molar-refractivity contribution in [3.63, 3.8) is 0 Å². The molecular formula is C14H9NO2. The second-order valence-electron chi connectivity index (χ2n) is 3.75. The molecule has 0 aliphatic heterocycles. The molecule has 0 bridgehead atoms. The summed E-state index contributed by atoms with van der Waals surface area (Å²) in [6.45, 7) is 0. The van der Waals surface area contributed by atoms with Gasteiger partial charge in [-0.25, -0.2) is 4.98 Å². The Morgan fingerprint density at radius 1 is 1.18 bits per heavy atom. The van der Waals surface area contributed by atoms with E-state index in [1.807, 2.05) is 30.3 Å². The Balaban J connectivity index is 2.33. The Hall–Kier alpha value is -2.42. The molecule has 82 valence electrons. The number of para-hydroxylation sites is 1. The van der Waals surface area contributed by atoms with E-state index in [0.29, 0.717) is 11.3 Å². The van der Waals surface area contributed by atoms with Crippen LogP contribution in [0.25, 0.3) is 22.2 Å². The van der Waals surface area contributed by atoms with Gasteiger partial charge >= 0.3 is 0 Å². The molecule has 3 aromatic rings. The van der Waals surface area contributed by atoms with Gasteiger partial charge in [0.1, 0.15) is 0 Å². The Bertz CT molecular complexity index is 672. The molecule has 0 aliphatic carbocycles. The van der Waals surface area contributed by atoms with Gasteiger partial charge in [-0.1, -0.05) is 18.2 Å². The van der Waals surface area contributed by atoms with Crippen molar-refractivity contribution in [2.24, 2.45) is 0 Å². The minimum Gasteiger partial charge on any atom is -0.472 e. The van der Waals surface area contributed by atoms with Crippen LogP contribution in [0.5, 0.6) is 0 Å². The maximum absolute atomic E-state index is 11.1. The molecule has 0 N–H and O–H groups in total. The molecule has 0 saturated heterocycles. The Kier molecular flexibility index (Phi) is 2.22. The zero-order valence-corrected chi connectivity index (χ0v) is 8.96. The summed E-state index contributed by atoms with van der Waals surface area (Å²) in [6.07, 6.45) is 3.98. The third kappa shape index (κ3) is 1.61. The highest BCUT2D eigenvalue weighted by molar-refractivity contribution is 5.93. The predicted molar refractivity (Wildman–Crippen MR) is 64.8 cm³/mol. The van der Waals surface area contributed by atoms with Gasteiger partial charge < -0.3 is 4.42 Å². The summed E-state index contributed by atoms with van der Waals surface area (Å²) in [4.78, 5) is 15.6. The molecule has 17 heavy (non-hydrogen) atoms. The van der Waals surface area contributed by atoms with Gasteiger partial charge in [0.25, 0.3) is 0 Å². The molecule has 0 aliphatic rings. The number of aldehydes is 1. The number of nitrogens with zero attached hydrogens (tertiary/aromatic N) is 1. The van der Waals surface area contributed by atoms with Crippen LogP contribution in [0.3, 0.4) is 0 Å². The number of hydrogen-bond donors (Lipinski definition) is 0. The average molecular weight is 223 g/mol. The van der Waals surface area contributed by atoms with Crippen LogP contribution in [0.1, 0.15) is 10.4 Å². The lowest BCUT2D eigenvalue weighted by molar-refractivity contribution is 0.112. The summed E-state index contributed by atoms with van der Waals surface area (Å²) in [5, 5.41) is 0.960. The van der Waals surface area contributed by atoms with Crippen molar-refractivity contribution >= 4 is 17.2 Å². The van der Waals surface area contributed by atoms with Crippen LogP contribution in [0.15, 0.2) is 53.3 Å². The van der Waals surface area contributed by atoms with Gasteiger partial charge in [-0.05, 0) is 18.2 Å². The van der Waals surface area contributed by atoms with Crippen LogP contribution in [-0.4, -0.2) is 11.3 Å². The van der Waals surface area contributed by atoms with Crippen molar-refractivity contribution in [1.82, 2.24) is 4.98 Å². The number of pyridine rings is 1. The third-order valence-electron chi connectivity index (χ3n) is 2.68. The first-order valence-corrected chi connectivity index (χ1v) is 5.26. The van der Waals surface area contributed by atoms with Gasteiger partial charge in [0.2, 0.25) is 0 Å². The fourth-order valence-electron chi connectivity index (χ4n) is 1.85. The second kappa shape index (κ2) is 3.87. The van der Waals surface area contributed by atoms with Crippen LogP contribution in [0.4, 0.5) is 0 Å². The maximum atomic E-state index is 11.1. The van der Waals surface area contributed by atoms with E-state index in [2.05, 4.69) is 4.98 Å². The van der Waals surface area contributed by atoms with Crippen molar-refractivity contribution in [3.05, 3.63) is 54.5 Å². The lowest BCUT2D eigenvalue weighted by Gasteiger charge is -2.04. The molecule has 2 heterocycles. The first kappa shape index (κ1) is 9.78. The van der Waals surface area contributed by atoms with Crippen LogP contribution in [0, 0.1) is 0 Å². The molecule has 2 aromatic heterocycles. The van der Waals surface area contributed by atoms with E-state index >= 15 is 0 Å². The summed E-state index contributed by atoms with van der Waals surface area (Å²) in [5.41, 5.74) is 2.92. The maximum Gasteiger partial charge on any atom is 0.152 e. The molecule has 3 rings (SSSR count). The van der Waals surface area contributed by atoms with Gasteiger partial charge in [-0.2, -0.15) is 0 Å². The van der Waals surface area contributed by atoms with E-state index < -0.39 is 0 Å². The standard InChI is InChI=1S/C14H9NO2/c16-8-12-7-10-3-1-2-4-13(10)15-14(12)11-5-6-17-9-11/h1-9H. The first-order chi connectivity index (χ1) is 8.38. The van der Waals surface area contributed by atoms with Crippen LogP contribution < -0.4 is 0 Å². The SMILES string of the molecule is O=Cc1cc2ccccc2nc1-c1ccoc1. The van der Waals surface area contributed by atoms with Crippen molar-refractivity contribution in [1.29, 1.82) is 0 Å². The number of furan rings is 1. The van der Waals surface area contributed by atoms with Crippen molar-refractivity contribution < 1.29 is 9.21 Å². The summed E-state index contributed by atoms with van der Waals surface area (Å²) >= 11 is 0. The lowest BCUT2D eigenvalue weighted by Crippen LogP contribution is -1.92. The third-order valence-corrected chi connectivity index (χ3v) is 2.68. The molecule has 0 spiro atoms. The summed E-state index contributed by atoms with van der Waals surface area (Å²) < 4.78 is 5.02. The first-order valence-electron chi connectivity index (χ1n) is 5.26. The normalized spacial score (nSPS) is 10.6. The Labute approximate surface area is 97.7 Å². The fourth-order valence-corrected chi connectivity index (χ4v) is 1.85. The molecule has 3 nitrogen and oxygen atoms in total.